The molecule has 2 unspecified atom stereocenters. The first-order chi connectivity index (χ1) is 7.99. The molecule has 2 N–H and O–H groups in total. The monoisotopic (exact) mass is 235 g/mol. The Kier molecular flexibility index (Phi) is 5.16. The standard InChI is InChI=1S/C15H25NO/c1-6-13(5)16-14(9-17)15-11(3)7-10(2)8-12(15)4/h7-8,13-14,16-17H,6,9H2,1-5H3. The molecule has 2 atom stereocenters. The number of hydrogen-bond acceptors (Lipinski definition) is 2. The zero-order valence-corrected chi connectivity index (χ0v) is 11.7. The van der Waals surface area contributed by atoms with Gasteiger partial charge in [-0.3, -0.25) is 0 Å². The molecule has 96 valence electrons. The second kappa shape index (κ2) is 6.18. The number of rotatable bonds is 5. The highest BCUT2D eigenvalue weighted by molar-refractivity contribution is 5.39. The van der Waals surface area contributed by atoms with Crippen molar-refractivity contribution in [1.82, 2.24) is 5.32 Å². The van der Waals surface area contributed by atoms with Gasteiger partial charge in [0.15, 0.2) is 0 Å². The van der Waals surface area contributed by atoms with Crippen molar-refractivity contribution in [2.75, 3.05) is 6.61 Å². The van der Waals surface area contributed by atoms with E-state index in [-0.39, 0.29) is 12.6 Å². The summed E-state index contributed by atoms with van der Waals surface area (Å²) in [6, 6.07) is 4.84. The Morgan fingerprint density at radius 2 is 1.71 bits per heavy atom. The van der Waals surface area contributed by atoms with E-state index < -0.39 is 0 Å². The molecule has 0 aliphatic rings. The summed E-state index contributed by atoms with van der Waals surface area (Å²) < 4.78 is 0. The maximum atomic E-state index is 9.58. The highest BCUT2D eigenvalue weighted by atomic mass is 16.3. The molecule has 0 aliphatic carbocycles. The van der Waals surface area contributed by atoms with Gasteiger partial charge in [-0.25, -0.2) is 0 Å². The highest BCUT2D eigenvalue weighted by Gasteiger charge is 2.17. The molecule has 17 heavy (non-hydrogen) atoms. The third-order valence-corrected chi connectivity index (χ3v) is 3.37. The van der Waals surface area contributed by atoms with Gasteiger partial charge in [-0.1, -0.05) is 24.6 Å². The molecule has 0 radical (unpaired) electrons. The molecule has 2 nitrogen and oxygen atoms in total. The predicted octanol–water partition coefficient (Wildman–Crippen LogP) is 3.03. The van der Waals surface area contributed by atoms with Gasteiger partial charge in [0.2, 0.25) is 0 Å². The van der Waals surface area contributed by atoms with Gasteiger partial charge in [-0.2, -0.15) is 0 Å². The number of aliphatic hydroxyl groups is 1. The molecular weight excluding hydrogens is 210 g/mol. The van der Waals surface area contributed by atoms with Crippen LogP contribution in [0.3, 0.4) is 0 Å². The van der Waals surface area contributed by atoms with Gasteiger partial charge < -0.3 is 10.4 Å². The number of aliphatic hydroxyl groups excluding tert-OH is 1. The van der Waals surface area contributed by atoms with Crippen LogP contribution < -0.4 is 5.32 Å². The van der Waals surface area contributed by atoms with Gasteiger partial charge in [0.25, 0.3) is 0 Å². The van der Waals surface area contributed by atoms with E-state index in [2.05, 4.69) is 52.1 Å². The van der Waals surface area contributed by atoms with E-state index in [1.54, 1.807) is 0 Å². The number of hydrogen-bond donors (Lipinski definition) is 2. The molecule has 0 fully saturated rings. The summed E-state index contributed by atoms with van der Waals surface area (Å²) in [5, 5.41) is 13.1. The van der Waals surface area contributed by atoms with Crippen molar-refractivity contribution in [2.24, 2.45) is 0 Å². The lowest BCUT2D eigenvalue weighted by molar-refractivity contribution is 0.233. The highest BCUT2D eigenvalue weighted by Crippen LogP contribution is 2.24. The van der Waals surface area contributed by atoms with Crippen LogP contribution in [0.1, 0.15) is 48.6 Å². The van der Waals surface area contributed by atoms with Gasteiger partial charge in [-0.15, -0.1) is 0 Å². The minimum absolute atomic E-state index is 0.0468. The molecule has 0 amide bonds. The average molecular weight is 235 g/mol. The maximum Gasteiger partial charge on any atom is 0.0626 e. The molecule has 1 aromatic carbocycles. The Bertz CT molecular complexity index is 350. The first-order valence-corrected chi connectivity index (χ1v) is 6.44. The van der Waals surface area contributed by atoms with Gasteiger partial charge in [0.1, 0.15) is 0 Å². The Balaban J connectivity index is 3.03. The summed E-state index contributed by atoms with van der Waals surface area (Å²) in [7, 11) is 0. The molecule has 0 bridgehead atoms. The Labute approximate surface area is 105 Å². The van der Waals surface area contributed by atoms with Gasteiger partial charge in [0.05, 0.1) is 12.6 Å². The lowest BCUT2D eigenvalue weighted by Crippen LogP contribution is -2.33. The van der Waals surface area contributed by atoms with Crippen LogP contribution in [0.5, 0.6) is 0 Å². The normalized spacial score (nSPS) is 14.7. The lowest BCUT2D eigenvalue weighted by atomic mass is 9.94. The van der Waals surface area contributed by atoms with Gasteiger partial charge in [0, 0.05) is 6.04 Å². The molecule has 0 spiro atoms. The molecule has 0 saturated carbocycles. The molecule has 0 aromatic heterocycles. The van der Waals surface area contributed by atoms with E-state index in [0.717, 1.165) is 6.42 Å². The zero-order chi connectivity index (χ0) is 13.0. The third kappa shape index (κ3) is 3.55. The minimum Gasteiger partial charge on any atom is -0.394 e. The minimum atomic E-state index is 0.0468. The topological polar surface area (TPSA) is 32.3 Å². The lowest BCUT2D eigenvalue weighted by Gasteiger charge is -2.24. The Morgan fingerprint density at radius 3 is 2.12 bits per heavy atom. The third-order valence-electron chi connectivity index (χ3n) is 3.37. The number of aryl methyl sites for hydroxylation is 3. The van der Waals surface area contributed by atoms with Crippen molar-refractivity contribution < 1.29 is 5.11 Å². The molecule has 1 aromatic rings. The van der Waals surface area contributed by atoms with E-state index in [0.29, 0.717) is 6.04 Å². The Hall–Kier alpha value is -0.860. The van der Waals surface area contributed by atoms with E-state index in [9.17, 15) is 5.11 Å². The fraction of sp³-hybridized carbons (Fsp3) is 0.600. The van der Waals surface area contributed by atoms with Crippen LogP contribution in [0.4, 0.5) is 0 Å². The first-order valence-electron chi connectivity index (χ1n) is 6.44. The van der Waals surface area contributed by atoms with E-state index in [1.807, 2.05) is 0 Å². The van der Waals surface area contributed by atoms with Crippen molar-refractivity contribution in [2.45, 2.75) is 53.1 Å². The van der Waals surface area contributed by atoms with Crippen molar-refractivity contribution in [3.8, 4) is 0 Å². The summed E-state index contributed by atoms with van der Waals surface area (Å²) in [6.07, 6.45) is 1.07. The molecule has 0 aliphatic heterocycles. The number of benzene rings is 1. The van der Waals surface area contributed by atoms with E-state index in [4.69, 9.17) is 0 Å². The zero-order valence-electron chi connectivity index (χ0n) is 11.7. The molecule has 0 saturated heterocycles. The van der Waals surface area contributed by atoms with E-state index in [1.165, 1.54) is 22.3 Å². The van der Waals surface area contributed by atoms with Crippen LogP contribution in [-0.4, -0.2) is 17.8 Å². The SMILES string of the molecule is CCC(C)NC(CO)c1c(C)cc(C)cc1C. The fourth-order valence-corrected chi connectivity index (χ4v) is 2.43. The van der Waals surface area contributed by atoms with Crippen LogP contribution in [-0.2, 0) is 0 Å². The molecule has 1 rings (SSSR count). The van der Waals surface area contributed by atoms with Gasteiger partial charge in [-0.05, 0) is 50.8 Å². The summed E-state index contributed by atoms with van der Waals surface area (Å²) in [4.78, 5) is 0. The fourth-order valence-electron chi connectivity index (χ4n) is 2.43. The second-order valence-electron chi connectivity index (χ2n) is 5.02. The van der Waals surface area contributed by atoms with Crippen molar-refractivity contribution in [3.05, 3.63) is 34.4 Å². The van der Waals surface area contributed by atoms with Crippen molar-refractivity contribution in [3.63, 3.8) is 0 Å². The Morgan fingerprint density at radius 1 is 1.18 bits per heavy atom. The summed E-state index contributed by atoms with van der Waals surface area (Å²) >= 11 is 0. The predicted molar refractivity (Wildman–Crippen MR) is 73.4 cm³/mol. The number of nitrogens with one attached hydrogen (secondary N) is 1. The first kappa shape index (κ1) is 14.2. The smallest absolute Gasteiger partial charge is 0.0626 e. The molecular formula is C15H25NO. The largest absolute Gasteiger partial charge is 0.394 e. The quantitative estimate of drug-likeness (QED) is 0.822. The van der Waals surface area contributed by atoms with Crippen molar-refractivity contribution >= 4 is 0 Å². The molecule has 2 heteroatoms. The van der Waals surface area contributed by atoms with Crippen molar-refractivity contribution in [1.29, 1.82) is 0 Å². The van der Waals surface area contributed by atoms with Crippen LogP contribution >= 0.6 is 0 Å². The summed E-state index contributed by atoms with van der Waals surface area (Å²) in [6.45, 7) is 10.8. The van der Waals surface area contributed by atoms with Gasteiger partial charge >= 0.3 is 0 Å². The van der Waals surface area contributed by atoms with Crippen LogP contribution in [0.25, 0.3) is 0 Å². The second-order valence-corrected chi connectivity index (χ2v) is 5.02. The van der Waals surface area contributed by atoms with Crippen LogP contribution in [0, 0.1) is 20.8 Å². The van der Waals surface area contributed by atoms with Crippen LogP contribution in [0.15, 0.2) is 12.1 Å². The maximum absolute atomic E-state index is 9.58. The van der Waals surface area contributed by atoms with Crippen LogP contribution in [0.2, 0.25) is 0 Å². The summed E-state index contributed by atoms with van der Waals surface area (Å²) in [5.41, 5.74) is 5.05. The summed E-state index contributed by atoms with van der Waals surface area (Å²) in [5.74, 6) is 0. The molecule has 0 heterocycles. The van der Waals surface area contributed by atoms with E-state index >= 15 is 0 Å². The average Bonchev–Trinajstić information content (AvgIpc) is 2.25.